The van der Waals surface area contributed by atoms with Crippen molar-refractivity contribution >= 4 is 0 Å². The smallest absolute Gasteiger partial charge is 0.141 e. The molecule has 0 bridgehead atoms. The molecule has 2 rings (SSSR count). The third-order valence-electron chi connectivity index (χ3n) is 3.83. The number of aliphatic hydroxyl groups excluding tert-OH is 1. The topological polar surface area (TPSA) is 45.6 Å². The summed E-state index contributed by atoms with van der Waals surface area (Å²) in [5.74, 6) is -0.381. The Balaban J connectivity index is 1.88. The molecule has 1 aliphatic heterocycles. The van der Waals surface area contributed by atoms with Crippen LogP contribution in [0.2, 0.25) is 0 Å². The maximum absolute atomic E-state index is 12.8. The van der Waals surface area contributed by atoms with Gasteiger partial charge in [0.05, 0.1) is 30.7 Å². The molecule has 4 nitrogen and oxygen atoms in total. The first kappa shape index (κ1) is 15.4. The second-order valence-electron chi connectivity index (χ2n) is 5.41. The quantitative estimate of drug-likeness (QED) is 0.899. The normalized spacial score (nSPS) is 25.6. The SMILES string of the molecule is CCC1COC(C)CN1CCC(O)c1ccc(F)cn1. The molecule has 0 saturated carbocycles. The molecule has 0 radical (unpaired) electrons. The van der Waals surface area contributed by atoms with Crippen molar-refractivity contribution in [1.82, 2.24) is 9.88 Å². The summed E-state index contributed by atoms with van der Waals surface area (Å²) in [4.78, 5) is 6.29. The minimum Gasteiger partial charge on any atom is -0.387 e. The van der Waals surface area contributed by atoms with Gasteiger partial charge < -0.3 is 9.84 Å². The van der Waals surface area contributed by atoms with Crippen LogP contribution in [0, 0.1) is 5.82 Å². The summed E-state index contributed by atoms with van der Waals surface area (Å²) in [6.07, 6.45) is 2.37. The number of hydrogen-bond acceptors (Lipinski definition) is 4. The van der Waals surface area contributed by atoms with Gasteiger partial charge >= 0.3 is 0 Å². The van der Waals surface area contributed by atoms with E-state index in [0.717, 1.165) is 32.3 Å². The van der Waals surface area contributed by atoms with E-state index in [1.807, 2.05) is 0 Å². The lowest BCUT2D eigenvalue weighted by atomic mass is 10.1. The van der Waals surface area contributed by atoms with Gasteiger partial charge in [0.2, 0.25) is 0 Å². The zero-order valence-corrected chi connectivity index (χ0v) is 12.1. The van der Waals surface area contributed by atoms with Crippen LogP contribution < -0.4 is 0 Å². The number of aliphatic hydroxyl groups is 1. The maximum Gasteiger partial charge on any atom is 0.141 e. The fraction of sp³-hybridized carbons (Fsp3) is 0.667. The summed E-state index contributed by atoms with van der Waals surface area (Å²) in [6, 6.07) is 3.29. The van der Waals surface area contributed by atoms with Gasteiger partial charge in [-0.2, -0.15) is 0 Å². The lowest BCUT2D eigenvalue weighted by Gasteiger charge is -2.38. The van der Waals surface area contributed by atoms with Gasteiger partial charge in [0.15, 0.2) is 0 Å². The van der Waals surface area contributed by atoms with E-state index in [4.69, 9.17) is 4.74 Å². The Morgan fingerprint density at radius 1 is 1.55 bits per heavy atom. The highest BCUT2D eigenvalue weighted by Gasteiger charge is 2.25. The Morgan fingerprint density at radius 3 is 3.00 bits per heavy atom. The zero-order chi connectivity index (χ0) is 14.5. The number of aromatic nitrogens is 1. The third-order valence-corrected chi connectivity index (χ3v) is 3.83. The second kappa shape index (κ2) is 7.11. The van der Waals surface area contributed by atoms with Crippen LogP contribution in [0.5, 0.6) is 0 Å². The van der Waals surface area contributed by atoms with Gasteiger partial charge in [-0.3, -0.25) is 9.88 Å². The number of pyridine rings is 1. The molecule has 1 saturated heterocycles. The Labute approximate surface area is 119 Å². The molecule has 2 heterocycles. The molecule has 3 unspecified atom stereocenters. The first-order valence-corrected chi connectivity index (χ1v) is 7.25. The van der Waals surface area contributed by atoms with E-state index < -0.39 is 6.10 Å². The molecule has 0 aromatic carbocycles. The third kappa shape index (κ3) is 3.98. The highest BCUT2D eigenvalue weighted by Crippen LogP contribution is 2.19. The van der Waals surface area contributed by atoms with Crippen LogP contribution in [0.1, 0.15) is 38.5 Å². The average Bonchev–Trinajstić information content (AvgIpc) is 2.45. The molecule has 5 heteroatoms. The highest BCUT2D eigenvalue weighted by atomic mass is 19.1. The molecule has 0 amide bonds. The molecular formula is C15H23FN2O2. The number of hydrogen-bond donors (Lipinski definition) is 1. The molecule has 1 aliphatic rings. The van der Waals surface area contributed by atoms with Crippen molar-refractivity contribution in [3.8, 4) is 0 Å². The molecular weight excluding hydrogens is 259 g/mol. The fourth-order valence-electron chi connectivity index (χ4n) is 2.58. The van der Waals surface area contributed by atoms with Crippen molar-refractivity contribution in [1.29, 1.82) is 0 Å². The van der Waals surface area contributed by atoms with Gasteiger partial charge in [0.25, 0.3) is 0 Å². The molecule has 1 aromatic heterocycles. The predicted molar refractivity (Wildman–Crippen MR) is 74.8 cm³/mol. The standard InChI is InChI=1S/C15H23FN2O2/c1-3-13-10-20-11(2)9-18(13)7-6-15(19)14-5-4-12(16)8-17-14/h4-5,8,11,13,15,19H,3,6-7,9-10H2,1-2H3. The first-order valence-electron chi connectivity index (χ1n) is 7.25. The van der Waals surface area contributed by atoms with Gasteiger partial charge in [-0.1, -0.05) is 6.92 Å². The van der Waals surface area contributed by atoms with Crippen LogP contribution in [0.4, 0.5) is 4.39 Å². The maximum atomic E-state index is 12.8. The van der Waals surface area contributed by atoms with Crippen LogP contribution in [-0.4, -0.2) is 46.8 Å². The van der Waals surface area contributed by atoms with E-state index in [1.54, 1.807) is 6.07 Å². The summed E-state index contributed by atoms with van der Waals surface area (Å²) in [5, 5.41) is 10.1. The number of morpholine rings is 1. The van der Waals surface area contributed by atoms with Crippen molar-refractivity contribution in [3.63, 3.8) is 0 Å². The lowest BCUT2D eigenvalue weighted by molar-refractivity contribution is -0.0592. The molecule has 0 spiro atoms. The van der Waals surface area contributed by atoms with Crippen LogP contribution in [0.15, 0.2) is 18.3 Å². The average molecular weight is 282 g/mol. The molecule has 1 N–H and O–H groups in total. The van der Waals surface area contributed by atoms with Gasteiger partial charge in [0, 0.05) is 19.1 Å². The van der Waals surface area contributed by atoms with Crippen molar-refractivity contribution in [2.45, 2.75) is 44.9 Å². The van der Waals surface area contributed by atoms with E-state index in [-0.39, 0.29) is 11.9 Å². The van der Waals surface area contributed by atoms with Crippen molar-refractivity contribution in [2.75, 3.05) is 19.7 Å². The second-order valence-corrected chi connectivity index (χ2v) is 5.41. The van der Waals surface area contributed by atoms with E-state index in [2.05, 4.69) is 23.7 Å². The van der Waals surface area contributed by atoms with Gasteiger partial charge in [-0.05, 0) is 31.9 Å². The van der Waals surface area contributed by atoms with E-state index >= 15 is 0 Å². The first-order chi connectivity index (χ1) is 9.60. The van der Waals surface area contributed by atoms with Crippen LogP contribution in [0.25, 0.3) is 0 Å². The minimum absolute atomic E-state index is 0.235. The van der Waals surface area contributed by atoms with Crippen molar-refractivity contribution < 1.29 is 14.2 Å². The molecule has 20 heavy (non-hydrogen) atoms. The van der Waals surface area contributed by atoms with E-state index in [1.165, 1.54) is 6.07 Å². The lowest BCUT2D eigenvalue weighted by Crippen LogP contribution is -2.48. The Morgan fingerprint density at radius 2 is 2.35 bits per heavy atom. The fourth-order valence-corrected chi connectivity index (χ4v) is 2.58. The molecule has 112 valence electrons. The number of rotatable bonds is 5. The zero-order valence-electron chi connectivity index (χ0n) is 12.1. The van der Waals surface area contributed by atoms with Crippen LogP contribution in [-0.2, 0) is 4.74 Å². The Bertz CT molecular complexity index is 413. The van der Waals surface area contributed by atoms with Crippen molar-refractivity contribution in [2.24, 2.45) is 0 Å². The summed E-state index contributed by atoms with van der Waals surface area (Å²) in [7, 11) is 0. The predicted octanol–water partition coefficient (Wildman–Crippen LogP) is 2.14. The van der Waals surface area contributed by atoms with E-state index in [9.17, 15) is 9.50 Å². The number of halogens is 1. The number of ether oxygens (including phenoxy) is 1. The monoisotopic (exact) mass is 282 g/mol. The summed E-state index contributed by atoms with van der Waals surface area (Å²) < 4.78 is 18.5. The van der Waals surface area contributed by atoms with Crippen molar-refractivity contribution in [3.05, 3.63) is 29.8 Å². The van der Waals surface area contributed by atoms with Crippen LogP contribution >= 0.6 is 0 Å². The van der Waals surface area contributed by atoms with Gasteiger partial charge in [-0.15, -0.1) is 0 Å². The molecule has 1 fully saturated rings. The molecule has 1 aromatic rings. The molecule has 3 atom stereocenters. The summed E-state index contributed by atoms with van der Waals surface area (Å²) >= 11 is 0. The summed E-state index contributed by atoms with van der Waals surface area (Å²) in [6.45, 7) is 6.66. The minimum atomic E-state index is -0.647. The van der Waals surface area contributed by atoms with Gasteiger partial charge in [-0.25, -0.2) is 4.39 Å². The Hall–Kier alpha value is -1.04. The Kier molecular flexibility index (Phi) is 5.46. The molecule has 0 aliphatic carbocycles. The highest BCUT2D eigenvalue weighted by molar-refractivity contribution is 5.08. The summed E-state index contributed by atoms with van der Waals surface area (Å²) in [5.41, 5.74) is 0.528. The van der Waals surface area contributed by atoms with E-state index in [0.29, 0.717) is 18.2 Å². The largest absolute Gasteiger partial charge is 0.387 e. The van der Waals surface area contributed by atoms with Gasteiger partial charge in [0.1, 0.15) is 5.82 Å². The number of nitrogens with zero attached hydrogens (tertiary/aromatic N) is 2. The van der Waals surface area contributed by atoms with Crippen LogP contribution in [0.3, 0.4) is 0 Å².